The Labute approximate surface area is 131 Å². The van der Waals surface area contributed by atoms with Crippen molar-refractivity contribution in [2.75, 3.05) is 18.5 Å². The SMILES string of the molecule is CCc1cc2c(cnn2CC)c(NC2CCOCC2)c1CN. The number of nitrogens with zero attached hydrogens (tertiary/aromatic N) is 2. The molecule has 3 rings (SSSR count). The van der Waals surface area contributed by atoms with Gasteiger partial charge >= 0.3 is 0 Å². The molecule has 0 amide bonds. The van der Waals surface area contributed by atoms with Crippen LogP contribution in [-0.2, 0) is 24.2 Å². The van der Waals surface area contributed by atoms with Gasteiger partial charge in [-0.2, -0.15) is 5.10 Å². The molecule has 2 heterocycles. The van der Waals surface area contributed by atoms with Crippen LogP contribution in [0.1, 0.15) is 37.8 Å². The van der Waals surface area contributed by atoms with Crippen molar-refractivity contribution in [3.8, 4) is 0 Å². The lowest BCUT2D eigenvalue weighted by molar-refractivity contribution is 0.0904. The smallest absolute Gasteiger partial charge is 0.0706 e. The molecule has 0 saturated carbocycles. The van der Waals surface area contributed by atoms with Gasteiger partial charge in [-0.1, -0.05) is 6.92 Å². The second kappa shape index (κ2) is 6.67. The third kappa shape index (κ3) is 2.71. The third-order valence-corrected chi connectivity index (χ3v) is 4.60. The maximum absolute atomic E-state index is 6.07. The average Bonchev–Trinajstić information content (AvgIpc) is 2.98. The molecule has 1 aromatic heterocycles. The van der Waals surface area contributed by atoms with Crippen LogP contribution in [0.25, 0.3) is 10.9 Å². The largest absolute Gasteiger partial charge is 0.381 e. The van der Waals surface area contributed by atoms with Crippen molar-refractivity contribution >= 4 is 16.6 Å². The van der Waals surface area contributed by atoms with E-state index in [2.05, 4.69) is 35.0 Å². The van der Waals surface area contributed by atoms with Crippen molar-refractivity contribution in [2.45, 2.75) is 52.2 Å². The Kier molecular flexibility index (Phi) is 4.64. The first-order valence-electron chi connectivity index (χ1n) is 8.33. The van der Waals surface area contributed by atoms with E-state index >= 15 is 0 Å². The van der Waals surface area contributed by atoms with Crippen LogP contribution in [-0.4, -0.2) is 29.0 Å². The predicted molar refractivity (Wildman–Crippen MR) is 90.1 cm³/mol. The molecule has 120 valence electrons. The second-order valence-corrected chi connectivity index (χ2v) is 5.87. The van der Waals surface area contributed by atoms with Gasteiger partial charge < -0.3 is 15.8 Å². The van der Waals surface area contributed by atoms with Crippen LogP contribution in [0.3, 0.4) is 0 Å². The van der Waals surface area contributed by atoms with E-state index < -0.39 is 0 Å². The normalized spacial score (nSPS) is 16.3. The van der Waals surface area contributed by atoms with Crippen LogP contribution in [0.4, 0.5) is 5.69 Å². The van der Waals surface area contributed by atoms with Gasteiger partial charge in [0, 0.05) is 37.7 Å². The number of fused-ring (bicyclic) bond motifs is 1. The quantitative estimate of drug-likeness (QED) is 0.891. The Hall–Kier alpha value is -1.59. The zero-order valence-electron chi connectivity index (χ0n) is 13.6. The van der Waals surface area contributed by atoms with Gasteiger partial charge in [-0.05, 0) is 43.4 Å². The minimum atomic E-state index is 0.458. The Balaban J connectivity index is 2.09. The van der Waals surface area contributed by atoms with Gasteiger partial charge in [0.2, 0.25) is 0 Å². The summed E-state index contributed by atoms with van der Waals surface area (Å²) in [5.41, 5.74) is 11.0. The van der Waals surface area contributed by atoms with E-state index in [1.807, 2.05) is 6.20 Å². The van der Waals surface area contributed by atoms with E-state index in [1.165, 1.54) is 27.7 Å². The van der Waals surface area contributed by atoms with Gasteiger partial charge in [-0.3, -0.25) is 4.68 Å². The zero-order valence-corrected chi connectivity index (χ0v) is 13.6. The highest BCUT2D eigenvalue weighted by Gasteiger charge is 2.19. The van der Waals surface area contributed by atoms with E-state index in [0.717, 1.165) is 39.0 Å². The Morgan fingerprint density at radius 1 is 1.36 bits per heavy atom. The molecule has 22 heavy (non-hydrogen) atoms. The first-order valence-corrected chi connectivity index (χ1v) is 8.33. The maximum Gasteiger partial charge on any atom is 0.0706 e. The van der Waals surface area contributed by atoms with Gasteiger partial charge in [-0.25, -0.2) is 0 Å². The topological polar surface area (TPSA) is 65.1 Å². The summed E-state index contributed by atoms with van der Waals surface area (Å²) in [5.74, 6) is 0. The molecule has 0 spiro atoms. The number of hydrogen-bond donors (Lipinski definition) is 2. The molecule has 1 aromatic carbocycles. The number of benzene rings is 1. The molecular formula is C17H26N4O. The molecule has 3 N–H and O–H groups in total. The van der Waals surface area contributed by atoms with Crippen molar-refractivity contribution in [1.82, 2.24) is 9.78 Å². The molecule has 1 saturated heterocycles. The highest BCUT2D eigenvalue weighted by atomic mass is 16.5. The van der Waals surface area contributed by atoms with E-state index in [1.54, 1.807) is 0 Å². The van der Waals surface area contributed by atoms with E-state index in [-0.39, 0.29) is 0 Å². The minimum Gasteiger partial charge on any atom is -0.381 e. The Bertz CT molecular complexity index is 644. The summed E-state index contributed by atoms with van der Waals surface area (Å²) in [5, 5.41) is 9.46. The van der Waals surface area contributed by atoms with Crippen molar-refractivity contribution in [2.24, 2.45) is 5.73 Å². The van der Waals surface area contributed by atoms with Crippen LogP contribution < -0.4 is 11.1 Å². The van der Waals surface area contributed by atoms with Crippen LogP contribution in [0, 0.1) is 0 Å². The summed E-state index contributed by atoms with van der Waals surface area (Å²) in [6.07, 6.45) is 5.05. The lowest BCUT2D eigenvalue weighted by atomic mass is 9.98. The number of aromatic nitrogens is 2. The first-order chi connectivity index (χ1) is 10.8. The fourth-order valence-electron chi connectivity index (χ4n) is 3.33. The standard InChI is InChI=1S/C17H26N4O/c1-3-12-9-16-15(11-19-21(16)4-2)17(14(12)10-18)20-13-5-7-22-8-6-13/h9,11,13,20H,3-8,10,18H2,1-2H3. The predicted octanol–water partition coefficient (Wildman–Crippen LogP) is 2.67. The average molecular weight is 302 g/mol. The fourth-order valence-corrected chi connectivity index (χ4v) is 3.33. The van der Waals surface area contributed by atoms with E-state index in [9.17, 15) is 0 Å². The summed E-state index contributed by atoms with van der Waals surface area (Å²) in [6, 6.07) is 2.71. The van der Waals surface area contributed by atoms with Crippen molar-refractivity contribution in [3.63, 3.8) is 0 Å². The fraction of sp³-hybridized carbons (Fsp3) is 0.588. The summed E-state index contributed by atoms with van der Waals surface area (Å²) in [7, 11) is 0. The lowest BCUT2D eigenvalue weighted by Gasteiger charge is -2.26. The number of rotatable bonds is 5. The molecular weight excluding hydrogens is 276 g/mol. The Morgan fingerprint density at radius 3 is 2.77 bits per heavy atom. The molecule has 0 atom stereocenters. The number of ether oxygens (including phenoxy) is 1. The van der Waals surface area contributed by atoms with Crippen LogP contribution in [0.15, 0.2) is 12.3 Å². The number of nitrogens with one attached hydrogen (secondary N) is 1. The number of aryl methyl sites for hydroxylation is 2. The number of hydrogen-bond acceptors (Lipinski definition) is 4. The molecule has 5 nitrogen and oxygen atoms in total. The van der Waals surface area contributed by atoms with Crippen LogP contribution in [0.2, 0.25) is 0 Å². The molecule has 2 aromatic rings. The summed E-state index contributed by atoms with van der Waals surface area (Å²) in [6.45, 7) is 7.42. The summed E-state index contributed by atoms with van der Waals surface area (Å²) < 4.78 is 7.53. The maximum atomic E-state index is 6.07. The van der Waals surface area contributed by atoms with Crippen molar-refractivity contribution < 1.29 is 4.74 Å². The van der Waals surface area contributed by atoms with Gasteiger partial charge in [0.25, 0.3) is 0 Å². The van der Waals surface area contributed by atoms with Crippen LogP contribution in [0.5, 0.6) is 0 Å². The number of nitrogens with two attached hydrogens (primary N) is 1. The summed E-state index contributed by atoms with van der Waals surface area (Å²) in [4.78, 5) is 0. The molecule has 1 fully saturated rings. The molecule has 5 heteroatoms. The molecule has 1 aliphatic rings. The highest BCUT2D eigenvalue weighted by molar-refractivity contribution is 5.94. The third-order valence-electron chi connectivity index (χ3n) is 4.60. The lowest BCUT2D eigenvalue weighted by Crippen LogP contribution is -2.28. The first kappa shape index (κ1) is 15.3. The molecule has 0 unspecified atom stereocenters. The van der Waals surface area contributed by atoms with Gasteiger partial charge in [0.1, 0.15) is 0 Å². The Morgan fingerprint density at radius 2 is 2.14 bits per heavy atom. The van der Waals surface area contributed by atoms with E-state index in [0.29, 0.717) is 12.6 Å². The molecule has 0 aliphatic carbocycles. The molecule has 0 radical (unpaired) electrons. The summed E-state index contributed by atoms with van der Waals surface area (Å²) >= 11 is 0. The number of anilines is 1. The monoisotopic (exact) mass is 302 g/mol. The molecule has 0 bridgehead atoms. The highest BCUT2D eigenvalue weighted by Crippen LogP contribution is 2.32. The van der Waals surface area contributed by atoms with Gasteiger partial charge in [0.05, 0.1) is 17.4 Å². The van der Waals surface area contributed by atoms with Gasteiger partial charge in [-0.15, -0.1) is 0 Å². The van der Waals surface area contributed by atoms with Gasteiger partial charge in [0.15, 0.2) is 0 Å². The minimum absolute atomic E-state index is 0.458. The van der Waals surface area contributed by atoms with Crippen molar-refractivity contribution in [3.05, 3.63) is 23.4 Å². The zero-order chi connectivity index (χ0) is 15.5. The van der Waals surface area contributed by atoms with Crippen LogP contribution >= 0.6 is 0 Å². The second-order valence-electron chi connectivity index (χ2n) is 5.87. The molecule has 1 aliphatic heterocycles. The van der Waals surface area contributed by atoms with E-state index in [4.69, 9.17) is 10.5 Å². The van der Waals surface area contributed by atoms with Crippen molar-refractivity contribution in [1.29, 1.82) is 0 Å².